The predicted octanol–water partition coefficient (Wildman–Crippen LogP) is 1.14. The second kappa shape index (κ2) is 5.33. The molecule has 1 aromatic rings. The van der Waals surface area contributed by atoms with E-state index in [1.54, 1.807) is 0 Å². The van der Waals surface area contributed by atoms with E-state index in [0.717, 1.165) is 32.4 Å². The van der Waals surface area contributed by atoms with Gasteiger partial charge in [0.1, 0.15) is 5.56 Å². The van der Waals surface area contributed by atoms with Gasteiger partial charge in [0, 0.05) is 30.4 Å². The monoisotopic (exact) mass is 290 g/mol. The Morgan fingerprint density at radius 1 is 1.38 bits per heavy atom. The number of nitro groups is 1. The van der Waals surface area contributed by atoms with Crippen molar-refractivity contribution in [3.8, 4) is 0 Å². The van der Waals surface area contributed by atoms with Gasteiger partial charge in [-0.25, -0.2) is 0 Å². The van der Waals surface area contributed by atoms with E-state index in [-0.39, 0.29) is 17.3 Å². The van der Waals surface area contributed by atoms with Crippen molar-refractivity contribution in [2.45, 2.75) is 31.3 Å². The van der Waals surface area contributed by atoms with Crippen molar-refractivity contribution < 1.29 is 9.72 Å². The highest BCUT2D eigenvalue weighted by Crippen LogP contribution is 2.29. The Hall–Kier alpha value is -2.15. The number of anilines is 1. The summed E-state index contributed by atoms with van der Waals surface area (Å²) in [4.78, 5) is 25.2. The summed E-state index contributed by atoms with van der Waals surface area (Å²) < 4.78 is 0. The van der Waals surface area contributed by atoms with Gasteiger partial charge in [-0.3, -0.25) is 19.8 Å². The lowest BCUT2D eigenvalue weighted by Gasteiger charge is -2.21. The summed E-state index contributed by atoms with van der Waals surface area (Å²) in [7, 11) is 0. The maximum Gasteiger partial charge on any atom is 0.282 e. The molecule has 0 saturated carbocycles. The van der Waals surface area contributed by atoms with E-state index >= 15 is 0 Å². The number of carbonyl (C=O) groups excluding carboxylic acids is 1. The van der Waals surface area contributed by atoms with E-state index in [9.17, 15) is 14.9 Å². The topological polar surface area (TPSA) is 101 Å². The quantitative estimate of drug-likeness (QED) is 0.494. The maximum absolute atomic E-state index is 12.4. The second-order valence-electron chi connectivity index (χ2n) is 5.65. The van der Waals surface area contributed by atoms with E-state index in [4.69, 9.17) is 5.73 Å². The molecule has 21 heavy (non-hydrogen) atoms. The summed E-state index contributed by atoms with van der Waals surface area (Å²) in [5.41, 5.74) is 5.83. The van der Waals surface area contributed by atoms with Crippen molar-refractivity contribution in [3.63, 3.8) is 0 Å². The van der Waals surface area contributed by atoms with Crippen LogP contribution in [-0.2, 0) is 0 Å². The second-order valence-corrected chi connectivity index (χ2v) is 5.65. The number of fused-ring (bicyclic) bond motifs is 1. The summed E-state index contributed by atoms with van der Waals surface area (Å²) in [6.07, 6.45) is 3.12. The highest BCUT2D eigenvalue weighted by atomic mass is 16.6. The lowest BCUT2D eigenvalue weighted by Crippen LogP contribution is -2.42. The summed E-state index contributed by atoms with van der Waals surface area (Å²) in [6.45, 7) is 2.06. The Bertz CT molecular complexity index is 590. The number of rotatable bonds is 3. The molecule has 3 N–H and O–H groups in total. The molecule has 1 amide bonds. The number of nitrogens with one attached hydrogen (secondary N) is 1. The lowest BCUT2D eigenvalue weighted by atomic mass is 10.1. The number of nitrogens with two attached hydrogens (primary N) is 1. The molecule has 0 spiro atoms. The van der Waals surface area contributed by atoms with Crippen LogP contribution in [0.1, 0.15) is 29.6 Å². The zero-order chi connectivity index (χ0) is 15.0. The van der Waals surface area contributed by atoms with Gasteiger partial charge in [0.2, 0.25) is 0 Å². The van der Waals surface area contributed by atoms with Gasteiger partial charge in [-0.2, -0.15) is 0 Å². The largest absolute Gasteiger partial charge is 0.399 e. The molecule has 2 atom stereocenters. The van der Waals surface area contributed by atoms with Crippen LogP contribution in [0.25, 0.3) is 0 Å². The first-order chi connectivity index (χ1) is 10.1. The van der Waals surface area contributed by atoms with Gasteiger partial charge in [0.25, 0.3) is 11.6 Å². The van der Waals surface area contributed by atoms with Crippen LogP contribution < -0.4 is 11.1 Å². The summed E-state index contributed by atoms with van der Waals surface area (Å²) in [5.74, 6) is -0.409. The van der Waals surface area contributed by atoms with Crippen LogP contribution >= 0.6 is 0 Å². The van der Waals surface area contributed by atoms with Gasteiger partial charge >= 0.3 is 0 Å². The molecule has 7 nitrogen and oxygen atoms in total. The molecule has 2 saturated heterocycles. The molecule has 1 aromatic carbocycles. The standard InChI is InChI=1S/C14H18N4O3/c15-9-3-4-12(18(20)21)10(8-9)14(19)16-11-5-7-17-6-1-2-13(11)17/h3-4,8,11,13H,1-2,5-7,15H2,(H,16,19). The summed E-state index contributed by atoms with van der Waals surface area (Å²) in [6, 6.07) is 4.52. The van der Waals surface area contributed by atoms with E-state index in [1.807, 2.05) is 0 Å². The number of nitrogens with zero attached hydrogens (tertiary/aromatic N) is 2. The van der Waals surface area contributed by atoms with E-state index in [1.165, 1.54) is 18.2 Å². The Balaban J connectivity index is 1.79. The zero-order valence-electron chi connectivity index (χ0n) is 11.6. The fourth-order valence-corrected chi connectivity index (χ4v) is 3.39. The number of nitrogen functional groups attached to an aromatic ring is 1. The normalized spacial score (nSPS) is 24.8. The molecule has 2 heterocycles. The van der Waals surface area contributed by atoms with Crippen LogP contribution in [0.2, 0.25) is 0 Å². The average Bonchev–Trinajstić information content (AvgIpc) is 3.03. The molecule has 2 unspecified atom stereocenters. The molecule has 2 aliphatic heterocycles. The smallest absolute Gasteiger partial charge is 0.282 e. The van der Waals surface area contributed by atoms with Crippen molar-refractivity contribution in [2.24, 2.45) is 0 Å². The molecule has 7 heteroatoms. The highest BCUT2D eigenvalue weighted by molar-refractivity contribution is 5.99. The molecule has 2 aliphatic rings. The van der Waals surface area contributed by atoms with Gasteiger partial charge in [-0.1, -0.05) is 0 Å². The molecule has 0 aliphatic carbocycles. The van der Waals surface area contributed by atoms with Crippen LogP contribution in [0.5, 0.6) is 0 Å². The number of hydrogen-bond donors (Lipinski definition) is 2. The van der Waals surface area contributed by atoms with Gasteiger partial charge in [-0.15, -0.1) is 0 Å². The molecule has 3 rings (SSSR count). The number of carbonyl (C=O) groups is 1. The van der Waals surface area contributed by atoms with Crippen molar-refractivity contribution in [1.82, 2.24) is 10.2 Å². The third-order valence-corrected chi connectivity index (χ3v) is 4.38. The van der Waals surface area contributed by atoms with E-state index < -0.39 is 10.8 Å². The SMILES string of the molecule is Nc1ccc([N+](=O)[O-])c(C(=O)NC2CCN3CCCC23)c1. The molecular formula is C14H18N4O3. The molecule has 2 fully saturated rings. The van der Waals surface area contributed by atoms with Gasteiger partial charge in [0.15, 0.2) is 0 Å². The molecular weight excluding hydrogens is 272 g/mol. The summed E-state index contributed by atoms with van der Waals surface area (Å²) in [5, 5.41) is 14.0. The van der Waals surface area contributed by atoms with Crippen LogP contribution in [-0.4, -0.2) is 40.9 Å². The Morgan fingerprint density at radius 3 is 2.95 bits per heavy atom. The Labute approximate surface area is 122 Å². The van der Waals surface area contributed by atoms with Gasteiger partial charge in [-0.05, 0) is 37.9 Å². The van der Waals surface area contributed by atoms with Crippen molar-refractivity contribution in [1.29, 1.82) is 0 Å². The van der Waals surface area contributed by atoms with E-state index in [2.05, 4.69) is 10.2 Å². The van der Waals surface area contributed by atoms with E-state index in [0.29, 0.717) is 11.7 Å². The molecule has 0 aromatic heterocycles. The fraction of sp³-hybridized carbons (Fsp3) is 0.500. The Kier molecular flexibility index (Phi) is 3.50. The van der Waals surface area contributed by atoms with Crippen LogP contribution in [0.3, 0.4) is 0 Å². The van der Waals surface area contributed by atoms with Gasteiger partial charge in [0.05, 0.1) is 4.92 Å². The minimum atomic E-state index is -0.551. The zero-order valence-corrected chi connectivity index (χ0v) is 11.6. The number of benzene rings is 1. The first kappa shape index (κ1) is 13.8. The third kappa shape index (κ3) is 2.56. The molecule has 0 radical (unpaired) electrons. The first-order valence-electron chi connectivity index (χ1n) is 7.15. The third-order valence-electron chi connectivity index (χ3n) is 4.38. The minimum absolute atomic E-state index is 0.0384. The summed E-state index contributed by atoms with van der Waals surface area (Å²) >= 11 is 0. The van der Waals surface area contributed by atoms with Crippen LogP contribution in [0.4, 0.5) is 11.4 Å². The molecule has 112 valence electrons. The van der Waals surface area contributed by atoms with Crippen LogP contribution in [0.15, 0.2) is 18.2 Å². The van der Waals surface area contributed by atoms with Crippen LogP contribution in [0, 0.1) is 10.1 Å². The van der Waals surface area contributed by atoms with Gasteiger partial charge < -0.3 is 11.1 Å². The fourth-order valence-electron chi connectivity index (χ4n) is 3.39. The van der Waals surface area contributed by atoms with Crippen molar-refractivity contribution in [3.05, 3.63) is 33.9 Å². The predicted molar refractivity (Wildman–Crippen MR) is 78.0 cm³/mol. The lowest BCUT2D eigenvalue weighted by molar-refractivity contribution is -0.385. The average molecular weight is 290 g/mol. The van der Waals surface area contributed by atoms with Crippen molar-refractivity contribution in [2.75, 3.05) is 18.8 Å². The number of nitro benzene ring substituents is 1. The molecule has 0 bridgehead atoms. The maximum atomic E-state index is 12.4. The first-order valence-corrected chi connectivity index (χ1v) is 7.15. The number of hydrogen-bond acceptors (Lipinski definition) is 5. The van der Waals surface area contributed by atoms with Crippen molar-refractivity contribution >= 4 is 17.3 Å². The Morgan fingerprint density at radius 2 is 2.19 bits per heavy atom. The highest BCUT2D eigenvalue weighted by Gasteiger charge is 2.38. The number of amides is 1. The minimum Gasteiger partial charge on any atom is -0.399 e.